The van der Waals surface area contributed by atoms with E-state index in [9.17, 15) is 0 Å². The molecule has 1 saturated carbocycles. The predicted molar refractivity (Wildman–Crippen MR) is 146 cm³/mol. The second kappa shape index (κ2) is 7.23. The maximum Gasteiger partial charge on any atom is 0.0535 e. The van der Waals surface area contributed by atoms with Crippen LogP contribution in [0.4, 0.5) is 0 Å². The largest absolute Gasteiger partial charge is 0.316 e. The number of benzene rings is 4. The average Bonchev–Trinajstić information content (AvgIpc) is 3.39. The van der Waals surface area contributed by atoms with Gasteiger partial charge in [-0.2, -0.15) is 0 Å². The van der Waals surface area contributed by atoms with E-state index >= 15 is 0 Å². The van der Waals surface area contributed by atoms with Crippen molar-refractivity contribution in [3.05, 3.63) is 108 Å². The summed E-state index contributed by atoms with van der Waals surface area (Å²) in [7, 11) is 0. The van der Waals surface area contributed by atoms with Crippen molar-refractivity contribution in [2.45, 2.75) is 13.8 Å². The lowest BCUT2D eigenvalue weighted by Crippen LogP contribution is -2.28. The number of fused-ring (bicyclic) bond motifs is 6. The number of nitrogens with zero attached hydrogens (tertiary/aromatic N) is 2. The lowest BCUT2D eigenvalue weighted by Gasteiger charge is -2.38. The molecule has 1 fully saturated rings. The zero-order valence-electron chi connectivity index (χ0n) is 19.4. The standard InChI is InChI=1S/C32H26N2/c1-21-22(2)28(20-34-31-17-9-5-13-25(31)26-14-6-10-18-32(26)34)27(21)19-33-29-15-7-3-11-23(29)24-12-4-8-16-30(24)33/h3-22H,1-2H3/b27-19+,28-20+. The molecule has 0 bridgehead atoms. The van der Waals surface area contributed by atoms with E-state index in [1.165, 1.54) is 54.8 Å². The molecule has 0 aliphatic heterocycles. The van der Waals surface area contributed by atoms with E-state index < -0.39 is 0 Å². The van der Waals surface area contributed by atoms with Crippen LogP contribution in [0.15, 0.2) is 108 Å². The summed E-state index contributed by atoms with van der Waals surface area (Å²) in [5.41, 5.74) is 7.89. The van der Waals surface area contributed by atoms with Crippen molar-refractivity contribution in [3.8, 4) is 0 Å². The van der Waals surface area contributed by atoms with E-state index in [0.29, 0.717) is 11.8 Å². The van der Waals surface area contributed by atoms with Crippen molar-refractivity contribution in [2.24, 2.45) is 11.8 Å². The monoisotopic (exact) mass is 438 g/mol. The van der Waals surface area contributed by atoms with Gasteiger partial charge in [-0.1, -0.05) is 86.6 Å². The van der Waals surface area contributed by atoms with Crippen LogP contribution >= 0.6 is 0 Å². The first-order valence-corrected chi connectivity index (χ1v) is 12.1. The topological polar surface area (TPSA) is 9.86 Å². The molecular formula is C32H26N2. The van der Waals surface area contributed by atoms with Gasteiger partial charge in [0.05, 0.1) is 22.1 Å². The van der Waals surface area contributed by atoms with Crippen molar-refractivity contribution in [3.63, 3.8) is 0 Å². The van der Waals surface area contributed by atoms with Crippen LogP contribution in [-0.4, -0.2) is 9.13 Å². The molecule has 7 rings (SSSR count). The van der Waals surface area contributed by atoms with Gasteiger partial charge in [-0.25, -0.2) is 0 Å². The highest BCUT2D eigenvalue weighted by molar-refractivity contribution is 6.10. The molecule has 2 unspecified atom stereocenters. The molecule has 0 spiro atoms. The van der Waals surface area contributed by atoms with Crippen molar-refractivity contribution in [1.29, 1.82) is 0 Å². The number of hydrogen-bond donors (Lipinski definition) is 0. The minimum absolute atomic E-state index is 0.513. The molecule has 2 heteroatoms. The van der Waals surface area contributed by atoms with E-state index in [2.05, 4.69) is 132 Å². The van der Waals surface area contributed by atoms with Gasteiger partial charge in [0.1, 0.15) is 0 Å². The highest BCUT2D eigenvalue weighted by Crippen LogP contribution is 2.47. The zero-order chi connectivity index (χ0) is 22.8. The average molecular weight is 439 g/mol. The molecule has 1 aliphatic carbocycles. The van der Waals surface area contributed by atoms with Gasteiger partial charge in [0.25, 0.3) is 0 Å². The Morgan fingerprint density at radius 2 is 0.706 bits per heavy atom. The first-order chi connectivity index (χ1) is 16.7. The molecule has 1 aliphatic rings. The highest BCUT2D eigenvalue weighted by Gasteiger charge is 2.35. The Labute approximate surface area is 199 Å². The quantitative estimate of drug-likeness (QED) is 0.256. The number of rotatable bonds is 2. The molecule has 0 radical (unpaired) electrons. The third-order valence-electron chi connectivity index (χ3n) is 7.84. The number of hydrogen-bond acceptors (Lipinski definition) is 0. The summed E-state index contributed by atoms with van der Waals surface area (Å²) in [5.74, 6) is 1.03. The van der Waals surface area contributed by atoms with Crippen LogP contribution in [0.1, 0.15) is 13.8 Å². The van der Waals surface area contributed by atoms with E-state index in [0.717, 1.165) is 0 Å². The molecule has 2 atom stereocenters. The van der Waals surface area contributed by atoms with Crippen LogP contribution in [0, 0.1) is 11.8 Å². The SMILES string of the molecule is CC1C(=C\n2c3ccccc3c3ccccc32)/C(=C/n2c3ccccc3c3ccccc32)C1C. The van der Waals surface area contributed by atoms with Gasteiger partial charge >= 0.3 is 0 Å². The van der Waals surface area contributed by atoms with Crippen molar-refractivity contribution >= 4 is 56.0 Å². The molecule has 2 nitrogen and oxygen atoms in total. The van der Waals surface area contributed by atoms with Crippen LogP contribution in [0.3, 0.4) is 0 Å². The summed E-state index contributed by atoms with van der Waals surface area (Å²) in [4.78, 5) is 0. The summed E-state index contributed by atoms with van der Waals surface area (Å²) < 4.78 is 4.78. The molecule has 0 amide bonds. The maximum absolute atomic E-state index is 2.39. The highest BCUT2D eigenvalue weighted by atomic mass is 15.0. The Balaban J connectivity index is 1.47. The fraction of sp³-hybridized carbons (Fsp3) is 0.125. The van der Waals surface area contributed by atoms with Crippen molar-refractivity contribution in [2.75, 3.05) is 0 Å². The lowest BCUT2D eigenvalue weighted by atomic mass is 9.67. The first-order valence-electron chi connectivity index (χ1n) is 12.1. The van der Waals surface area contributed by atoms with Crippen LogP contribution in [0.5, 0.6) is 0 Å². The third-order valence-corrected chi connectivity index (χ3v) is 7.84. The minimum atomic E-state index is 0.513. The molecule has 164 valence electrons. The van der Waals surface area contributed by atoms with Crippen LogP contribution in [-0.2, 0) is 0 Å². The lowest BCUT2D eigenvalue weighted by molar-refractivity contribution is 0.432. The van der Waals surface area contributed by atoms with Gasteiger partial charge in [0.2, 0.25) is 0 Å². The smallest absolute Gasteiger partial charge is 0.0535 e. The van der Waals surface area contributed by atoms with Gasteiger partial charge in [0.15, 0.2) is 0 Å². The fourth-order valence-corrected chi connectivity index (χ4v) is 5.81. The Bertz CT molecular complexity index is 1550. The summed E-state index contributed by atoms with van der Waals surface area (Å²) in [5, 5.41) is 5.23. The second-order valence-electron chi connectivity index (χ2n) is 9.55. The second-order valence-corrected chi connectivity index (χ2v) is 9.55. The van der Waals surface area contributed by atoms with Crippen molar-refractivity contribution < 1.29 is 0 Å². The van der Waals surface area contributed by atoms with Crippen LogP contribution < -0.4 is 0 Å². The first kappa shape index (κ1) is 19.4. The molecule has 2 aromatic heterocycles. The number of para-hydroxylation sites is 4. The molecule has 0 N–H and O–H groups in total. The normalized spacial score (nSPS) is 20.8. The Kier molecular flexibility index (Phi) is 4.13. The summed E-state index contributed by atoms with van der Waals surface area (Å²) >= 11 is 0. The fourth-order valence-electron chi connectivity index (χ4n) is 5.81. The zero-order valence-corrected chi connectivity index (χ0v) is 19.4. The molecule has 6 aromatic rings. The van der Waals surface area contributed by atoms with Crippen molar-refractivity contribution in [1.82, 2.24) is 9.13 Å². The van der Waals surface area contributed by atoms with Crippen LogP contribution in [0.25, 0.3) is 56.0 Å². The van der Waals surface area contributed by atoms with Gasteiger partial charge < -0.3 is 9.13 Å². The van der Waals surface area contributed by atoms with E-state index in [1.807, 2.05) is 0 Å². The van der Waals surface area contributed by atoms with Gasteiger partial charge in [-0.15, -0.1) is 0 Å². The number of aromatic nitrogens is 2. The Morgan fingerprint density at radius 3 is 1.00 bits per heavy atom. The van der Waals surface area contributed by atoms with Gasteiger partial charge in [-0.05, 0) is 47.2 Å². The molecule has 2 heterocycles. The number of allylic oxidation sites excluding steroid dienone is 2. The van der Waals surface area contributed by atoms with E-state index in [4.69, 9.17) is 0 Å². The van der Waals surface area contributed by atoms with Gasteiger partial charge in [0, 0.05) is 33.9 Å². The Morgan fingerprint density at radius 1 is 0.441 bits per heavy atom. The molecular weight excluding hydrogens is 412 g/mol. The third kappa shape index (κ3) is 2.63. The maximum atomic E-state index is 2.39. The summed E-state index contributed by atoms with van der Waals surface area (Å²) in [6, 6.07) is 34.9. The van der Waals surface area contributed by atoms with Gasteiger partial charge in [-0.3, -0.25) is 0 Å². The molecule has 4 aromatic carbocycles. The molecule has 0 saturated heterocycles. The Hall–Kier alpha value is -4.04. The van der Waals surface area contributed by atoms with E-state index in [1.54, 1.807) is 0 Å². The van der Waals surface area contributed by atoms with Crippen LogP contribution in [0.2, 0.25) is 0 Å². The summed E-state index contributed by atoms with van der Waals surface area (Å²) in [6.45, 7) is 4.71. The minimum Gasteiger partial charge on any atom is -0.316 e. The summed E-state index contributed by atoms with van der Waals surface area (Å²) in [6.07, 6.45) is 4.77. The molecule has 34 heavy (non-hydrogen) atoms. The predicted octanol–water partition coefficient (Wildman–Crippen LogP) is 8.57. The van der Waals surface area contributed by atoms with E-state index in [-0.39, 0.29) is 0 Å².